The summed E-state index contributed by atoms with van der Waals surface area (Å²) in [6.07, 6.45) is 3.28. The normalized spacial score (nSPS) is 14.7. The van der Waals surface area contributed by atoms with Crippen molar-refractivity contribution in [3.05, 3.63) is 74.6 Å². The van der Waals surface area contributed by atoms with Crippen LogP contribution in [0.5, 0.6) is 0 Å². The van der Waals surface area contributed by atoms with Crippen molar-refractivity contribution in [2.45, 2.75) is 32.4 Å². The maximum Gasteiger partial charge on any atom is 0.260 e. The Kier molecular flexibility index (Phi) is 4.06. The fraction of sp³-hybridized carbons (Fsp3) is 0.273. The minimum atomic E-state index is 0.0351. The van der Waals surface area contributed by atoms with Gasteiger partial charge < -0.3 is 9.88 Å². The highest BCUT2D eigenvalue weighted by Crippen LogP contribution is 2.34. The molecule has 0 saturated heterocycles. The van der Waals surface area contributed by atoms with Crippen LogP contribution in [0.1, 0.15) is 28.2 Å². The molecule has 1 atom stereocenters. The van der Waals surface area contributed by atoms with Crippen LogP contribution in [0.25, 0.3) is 21.0 Å². The number of nitrogens with one attached hydrogen (secondary N) is 2. The first-order valence-corrected chi connectivity index (χ1v) is 10.3. The summed E-state index contributed by atoms with van der Waals surface area (Å²) in [5.41, 5.74) is 2.57. The summed E-state index contributed by atoms with van der Waals surface area (Å²) in [5.74, 6) is 0.783. The third-order valence-electron chi connectivity index (χ3n) is 5.41. The van der Waals surface area contributed by atoms with E-state index in [0.29, 0.717) is 6.54 Å². The number of aromatic nitrogens is 2. The second-order valence-electron chi connectivity index (χ2n) is 7.54. The van der Waals surface area contributed by atoms with Crippen LogP contribution in [0, 0.1) is 0 Å². The van der Waals surface area contributed by atoms with Gasteiger partial charge in [-0.3, -0.25) is 4.79 Å². The topological polar surface area (TPSA) is 50.2 Å². The Hall–Kier alpha value is -2.50. The molecule has 4 aromatic rings. The van der Waals surface area contributed by atoms with E-state index < -0.39 is 0 Å². The van der Waals surface area contributed by atoms with Crippen molar-refractivity contribution in [2.24, 2.45) is 0 Å². The smallest absolute Gasteiger partial charge is 0.260 e. The molecule has 0 spiro atoms. The molecule has 0 saturated carbocycles. The Balaban J connectivity index is 1.38. The minimum absolute atomic E-state index is 0.0351. The van der Waals surface area contributed by atoms with Gasteiger partial charge in [0.05, 0.1) is 12.4 Å². The maximum absolute atomic E-state index is 12.6. The van der Waals surface area contributed by atoms with Gasteiger partial charge in [-0.1, -0.05) is 36.4 Å². The Morgan fingerprint density at radius 1 is 1.11 bits per heavy atom. The molecule has 136 valence electrons. The van der Waals surface area contributed by atoms with Gasteiger partial charge >= 0.3 is 0 Å². The van der Waals surface area contributed by atoms with Crippen molar-refractivity contribution in [3.63, 3.8) is 0 Å². The van der Waals surface area contributed by atoms with Gasteiger partial charge in [-0.15, -0.1) is 11.3 Å². The number of hydrogen-bond acceptors (Lipinski definition) is 3. The molecule has 0 aliphatic heterocycles. The number of thiophene rings is 1. The van der Waals surface area contributed by atoms with E-state index in [2.05, 4.69) is 54.5 Å². The first kappa shape index (κ1) is 16.7. The van der Waals surface area contributed by atoms with Gasteiger partial charge in [0.25, 0.3) is 5.56 Å². The molecule has 2 aromatic carbocycles. The second kappa shape index (κ2) is 6.59. The molecule has 0 bridgehead atoms. The number of hydrogen-bond donors (Lipinski definition) is 2. The van der Waals surface area contributed by atoms with E-state index in [-0.39, 0.29) is 5.56 Å². The summed E-state index contributed by atoms with van der Waals surface area (Å²) < 4.78 is 0. The number of nitrogens with zero attached hydrogens (tertiary/aromatic N) is 1. The Morgan fingerprint density at radius 3 is 2.85 bits per heavy atom. The summed E-state index contributed by atoms with van der Waals surface area (Å²) >= 11 is 1.71. The third kappa shape index (κ3) is 3.07. The van der Waals surface area contributed by atoms with E-state index in [1.807, 2.05) is 0 Å². The quantitative estimate of drug-likeness (QED) is 0.575. The highest BCUT2D eigenvalue weighted by atomic mass is 32.1. The number of rotatable bonds is 4. The predicted octanol–water partition coefficient (Wildman–Crippen LogP) is 2.84. The molecule has 5 heteroatoms. The van der Waals surface area contributed by atoms with Crippen molar-refractivity contribution in [2.75, 3.05) is 7.05 Å². The summed E-state index contributed by atoms with van der Waals surface area (Å²) in [5, 5.41) is 3.37. The average Bonchev–Trinajstić information content (AvgIpc) is 3.22. The summed E-state index contributed by atoms with van der Waals surface area (Å²) in [6.45, 7) is 1.61. The number of quaternary nitrogens is 1. The number of aromatic amines is 1. The van der Waals surface area contributed by atoms with Gasteiger partial charge in [0, 0.05) is 10.4 Å². The van der Waals surface area contributed by atoms with Crippen LogP contribution >= 0.6 is 11.3 Å². The molecular weight excluding hydrogens is 354 g/mol. The van der Waals surface area contributed by atoms with Gasteiger partial charge in [0.1, 0.15) is 17.9 Å². The molecule has 1 aliphatic carbocycles. The fourth-order valence-corrected chi connectivity index (χ4v) is 5.46. The van der Waals surface area contributed by atoms with Crippen LogP contribution in [0.2, 0.25) is 0 Å². The van der Waals surface area contributed by atoms with Crippen LogP contribution in [0.4, 0.5) is 0 Å². The standard InChI is InChI=1S/C22H21N3OS/c1-25(12-14-9-10-15-5-2-3-6-16(15)11-14)13-19-23-21(26)20-17-7-4-8-18(17)27-22(20)24-19/h2-3,5-6,9-11H,4,7-8,12-13H2,1H3,(H,23,24,26)/p+1. The number of fused-ring (bicyclic) bond motifs is 4. The molecule has 2 aromatic heterocycles. The van der Waals surface area contributed by atoms with Crippen molar-refractivity contribution < 1.29 is 4.90 Å². The lowest BCUT2D eigenvalue weighted by molar-refractivity contribution is -0.908. The molecule has 5 rings (SSSR count). The highest BCUT2D eigenvalue weighted by molar-refractivity contribution is 7.18. The van der Waals surface area contributed by atoms with Gasteiger partial charge in [0.2, 0.25) is 0 Å². The van der Waals surface area contributed by atoms with Crippen LogP contribution in [0.15, 0.2) is 47.3 Å². The summed E-state index contributed by atoms with van der Waals surface area (Å²) in [6, 6.07) is 15.0. The zero-order valence-corrected chi connectivity index (χ0v) is 16.2. The molecule has 4 nitrogen and oxygen atoms in total. The Labute approximate surface area is 161 Å². The molecule has 1 aliphatic rings. The summed E-state index contributed by atoms with van der Waals surface area (Å²) in [4.78, 5) is 24.0. The second-order valence-corrected chi connectivity index (χ2v) is 8.63. The van der Waals surface area contributed by atoms with Crippen molar-refractivity contribution in [3.8, 4) is 0 Å². The molecule has 1 unspecified atom stereocenters. The molecule has 0 amide bonds. The predicted molar refractivity (Wildman–Crippen MR) is 111 cm³/mol. The van der Waals surface area contributed by atoms with Crippen molar-refractivity contribution in [1.82, 2.24) is 9.97 Å². The van der Waals surface area contributed by atoms with E-state index in [9.17, 15) is 4.79 Å². The van der Waals surface area contributed by atoms with E-state index in [1.54, 1.807) is 11.3 Å². The van der Waals surface area contributed by atoms with Crippen LogP contribution in [0.3, 0.4) is 0 Å². The lowest BCUT2D eigenvalue weighted by Crippen LogP contribution is -3.06. The van der Waals surface area contributed by atoms with E-state index in [4.69, 9.17) is 4.98 Å². The van der Waals surface area contributed by atoms with E-state index in [1.165, 1.54) is 31.7 Å². The molecule has 2 heterocycles. The number of benzene rings is 2. The van der Waals surface area contributed by atoms with Gasteiger partial charge in [-0.05, 0) is 41.7 Å². The van der Waals surface area contributed by atoms with Gasteiger partial charge in [-0.2, -0.15) is 0 Å². The van der Waals surface area contributed by atoms with Crippen LogP contribution < -0.4 is 10.5 Å². The largest absolute Gasteiger partial charge is 0.327 e. The summed E-state index contributed by atoms with van der Waals surface area (Å²) in [7, 11) is 2.15. The average molecular weight is 377 g/mol. The first-order chi connectivity index (χ1) is 13.2. The minimum Gasteiger partial charge on any atom is -0.327 e. The van der Waals surface area contributed by atoms with Crippen LogP contribution in [-0.2, 0) is 25.9 Å². The zero-order chi connectivity index (χ0) is 18.4. The molecule has 2 N–H and O–H groups in total. The first-order valence-electron chi connectivity index (χ1n) is 9.50. The Morgan fingerprint density at radius 2 is 1.96 bits per heavy atom. The van der Waals surface area contributed by atoms with Crippen LogP contribution in [-0.4, -0.2) is 17.0 Å². The van der Waals surface area contributed by atoms with Crippen molar-refractivity contribution in [1.29, 1.82) is 0 Å². The molecular formula is C22H22N3OS+. The fourth-order valence-electron chi connectivity index (χ4n) is 4.18. The van der Waals surface area contributed by atoms with Crippen molar-refractivity contribution >= 4 is 32.3 Å². The Bertz CT molecular complexity index is 1210. The van der Waals surface area contributed by atoms with Gasteiger partial charge in [-0.25, -0.2) is 4.98 Å². The maximum atomic E-state index is 12.6. The lowest BCUT2D eigenvalue weighted by atomic mass is 10.1. The number of H-pyrrole nitrogens is 1. The van der Waals surface area contributed by atoms with Gasteiger partial charge in [0.15, 0.2) is 5.82 Å². The SMILES string of the molecule is C[NH+](Cc1ccc2ccccc2c1)Cc1nc2sc3c(c2c(=O)[nH]1)CCC3. The zero-order valence-electron chi connectivity index (χ0n) is 15.3. The number of aryl methyl sites for hydroxylation is 2. The molecule has 27 heavy (non-hydrogen) atoms. The lowest BCUT2D eigenvalue weighted by Gasteiger charge is -2.14. The van der Waals surface area contributed by atoms with E-state index in [0.717, 1.165) is 41.8 Å². The molecule has 0 fully saturated rings. The monoisotopic (exact) mass is 376 g/mol. The highest BCUT2D eigenvalue weighted by Gasteiger charge is 2.21. The van der Waals surface area contributed by atoms with E-state index >= 15 is 0 Å². The molecule has 0 radical (unpaired) electrons. The third-order valence-corrected chi connectivity index (χ3v) is 6.60.